The summed E-state index contributed by atoms with van der Waals surface area (Å²) in [5, 5.41) is 13.6. The summed E-state index contributed by atoms with van der Waals surface area (Å²) in [7, 11) is 0. The maximum absolute atomic E-state index is 10.1. The van der Waals surface area contributed by atoms with E-state index in [9.17, 15) is 5.11 Å². The maximum atomic E-state index is 10.1. The number of allylic oxidation sites excluding steroid dienone is 1. The Balaban J connectivity index is 2.21. The molecule has 3 heteroatoms. The van der Waals surface area contributed by atoms with Gasteiger partial charge in [0.05, 0.1) is 18.8 Å². The van der Waals surface area contributed by atoms with Gasteiger partial charge in [-0.1, -0.05) is 30.3 Å². The Morgan fingerprint density at radius 1 is 1.08 bits per heavy atom. The van der Waals surface area contributed by atoms with Gasteiger partial charge >= 0.3 is 0 Å². The molecule has 0 saturated heterocycles. The second-order valence-electron chi connectivity index (χ2n) is 6.78. The van der Waals surface area contributed by atoms with Crippen LogP contribution in [0, 0.1) is 0 Å². The second-order valence-corrected chi connectivity index (χ2v) is 6.78. The molecular weight excluding hydrogens is 298 g/mol. The van der Waals surface area contributed by atoms with Gasteiger partial charge < -0.3 is 15.2 Å². The standard InChI is InChI=1S/C21H25NO2/c1-5-24-19-9-7-6-8-16(19)15-10-11-18-20(17(15)13-23)14(2)12-21(3,4)22-18/h6-12,22-23H,5,13H2,1-4H3. The number of rotatable bonds is 4. The lowest BCUT2D eigenvalue weighted by Crippen LogP contribution is -2.31. The minimum absolute atomic E-state index is 0.00768. The van der Waals surface area contributed by atoms with Crippen LogP contribution in [0.3, 0.4) is 0 Å². The molecule has 0 aromatic heterocycles. The average Bonchev–Trinajstić information content (AvgIpc) is 2.53. The number of aliphatic hydroxyl groups is 1. The van der Waals surface area contributed by atoms with Crippen molar-refractivity contribution < 1.29 is 9.84 Å². The number of aliphatic hydroxyl groups excluding tert-OH is 1. The van der Waals surface area contributed by atoms with Gasteiger partial charge in [0.25, 0.3) is 0 Å². The van der Waals surface area contributed by atoms with Gasteiger partial charge in [-0.3, -0.25) is 0 Å². The van der Waals surface area contributed by atoms with Crippen molar-refractivity contribution in [1.82, 2.24) is 0 Å². The molecule has 2 N–H and O–H groups in total. The molecule has 0 atom stereocenters. The Kier molecular flexibility index (Phi) is 4.37. The lowest BCUT2D eigenvalue weighted by Gasteiger charge is -2.33. The van der Waals surface area contributed by atoms with Crippen molar-refractivity contribution in [2.75, 3.05) is 11.9 Å². The molecule has 0 fully saturated rings. The molecule has 1 aliphatic rings. The number of hydrogen-bond donors (Lipinski definition) is 2. The van der Waals surface area contributed by atoms with Crippen molar-refractivity contribution in [3.63, 3.8) is 0 Å². The first-order chi connectivity index (χ1) is 11.5. The molecule has 0 bridgehead atoms. The summed E-state index contributed by atoms with van der Waals surface area (Å²) < 4.78 is 5.78. The van der Waals surface area contributed by atoms with Crippen LogP contribution >= 0.6 is 0 Å². The largest absolute Gasteiger partial charge is 0.493 e. The number of ether oxygens (including phenoxy) is 1. The predicted octanol–water partition coefficient (Wildman–Crippen LogP) is 4.85. The van der Waals surface area contributed by atoms with Crippen LogP contribution in [0.4, 0.5) is 5.69 Å². The highest BCUT2D eigenvalue weighted by atomic mass is 16.5. The molecule has 0 radical (unpaired) electrons. The number of anilines is 1. The zero-order valence-electron chi connectivity index (χ0n) is 14.8. The molecule has 0 unspecified atom stereocenters. The minimum Gasteiger partial charge on any atom is -0.493 e. The molecule has 0 amide bonds. The molecule has 24 heavy (non-hydrogen) atoms. The Labute approximate surface area is 144 Å². The Morgan fingerprint density at radius 2 is 1.83 bits per heavy atom. The van der Waals surface area contributed by atoms with Crippen molar-refractivity contribution >= 4 is 11.3 Å². The van der Waals surface area contributed by atoms with E-state index in [4.69, 9.17) is 4.74 Å². The van der Waals surface area contributed by atoms with Crippen LogP contribution in [0.5, 0.6) is 5.75 Å². The Morgan fingerprint density at radius 3 is 2.54 bits per heavy atom. The molecule has 0 spiro atoms. The number of hydrogen-bond acceptors (Lipinski definition) is 3. The lowest BCUT2D eigenvalue weighted by atomic mass is 9.85. The molecule has 0 saturated carbocycles. The smallest absolute Gasteiger partial charge is 0.127 e. The number of nitrogens with one attached hydrogen (secondary N) is 1. The third kappa shape index (κ3) is 2.92. The van der Waals surface area contributed by atoms with Gasteiger partial charge in [-0.05, 0) is 56.5 Å². The van der Waals surface area contributed by atoms with Crippen LogP contribution in [-0.2, 0) is 6.61 Å². The van der Waals surface area contributed by atoms with E-state index < -0.39 is 0 Å². The summed E-state index contributed by atoms with van der Waals surface area (Å²) in [6.07, 6.45) is 2.22. The van der Waals surface area contributed by atoms with Crippen LogP contribution in [-0.4, -0.2) is 17.3 Å². The fourth-order valence-corrected chi connectivity index (χ4v) is 3.59. The third-order valence-corrected chi connectivity index (χ3v) is 4.38. The molecule has 1 heterocycles. The van der Waals surface area contributed by atoms with Crippen LogP contribution in [0.15, 0.2) is 42.5 Å². The monoisotopic (exact) mass is 323 g/mol. The average molecular weight is 323 g/mol. The van der Waals surface area contributed by atoms with E-state index in [-0.39, 0.29) is 12.1 Å². The van der Waals surface area contributed by atoms with Gasteiger partial charge in [0.2, 0.25) is 0 Å². The number of para-hydroxylation sites is 1. The van der Waals surface area contributed by atoms with Gasteiger partial charge in [0, 0.05) is 16.8 Å². The van der Waals surface area contributed by atoms with Crippen molar-refractivity contribution in [3.8, 4) is 16.9 Å². The Bertz CT molecular complexity index is 790. The van der Waals surface area contributed by atoms with Gasteiger partial charge in [-0.2, -0.15) is 0 Å². The van der Waals surface area contributed by atoms with Crippen molar-refractivity contribution in [2.45, 2.75) is 39.8 Å². The molecular formula is C21H25NO2. The van der Waals surface area contributed by atoms with Crippen molar-refractivity contribution in [2.24, 2.45) is 0 Å². The first-order valence-corrected chi connectivity index (χ1v) is 8.44. The van der Waals surface area contributed by atoms with Gasteiger partial charge in [-0.15, -0.1) is 0 Å². The first kappa shape index (κ1) is 16.6. The highest BCUT2D eigenvalue weighted by molar-refractivity contribution is 5.88. The van der Waals surface area contributed by atoms with Gasteiger partial charge in [-0.25, -0.2) is 0 Å². The Hall–Kier alpha value is -2.26. The third-order valence-electron chi connectivity index (χ3n) is 4.38. The predicted molar refractivity (Wildman–Crippen MR) is 100 cm³/mol. The van der Waals surface area contributed by atoms with E-state index in [2.05, 4.69) is 44.3 Å². The van der Waals surface area contributed by atoms with E-state index >= 15 is 0 Å². The topological polar surface area (TPSA) is 41.5 Å². The summed E-state index contributed by atoms with van der Waals surface area (Å²) in [6, 6.07) is 12.2. The van der Waals surface area contributed by atoms with Crippen LogP contribution in [0.25, 0.3) is 16.7 Å². The van der Waals surface area contributed by atoms with Crippen LogP contribution in [0.1, 0.15) is 38.8 Å². The fourth-order valence-electron chi connectivity index (χ4n) is 3.59. The molecule has 2 aromatic carbocycles. The van der Waals surface area contributed by atoms with Crippen LogP contribution in [0.2, 0.25) is 0 Å². The van der Waals surface area contributed by atoms with E-state index in [1.165, 1.54) is 5.57 Å². The van der Waals surface area contributed by atoms with E-state index in [1.54, 1.807) is 0 Å². The fraction of sp³-hybridized carbons (Fsp3) is 0.333. The normalized spacial score (nSPS) is 15.3. The lowest BCUT2D eigenvalue weighted by molar-refractivity contribution is 0.282. The summed E-state index contributed by atoms with van der Waals surface area (Å²) in [4.78, 5) is 0. The molecule has 3 rings (SSSR count). The van der Waals surface area contributed by atoms with Crippen molar-refractivity contribution in [1.29, 1.82) is 0 Å². The van der Waals surface area contributed by atoms with E-state index in [1.807, 2.05) is 31.2 Å². The number of benzene rings is 2. The van der Waals surface area contributed by atoms with E-state index in [0.29, 0.717) is 6.61 Å². The first-order valence-electron chi connectivity index (χ1n) is 8.44. The minimum atomic E-state index is -0.0887. The molecule has 0 aliphatic carbocycles. The zero-order valence-corrected chi connectivity index (χ0v) is 14.8. The van der Waals surface area contributed by atoms with Gasteiger partial charge in [0.1, 0.15) is 5.75 Å². The summed E-state index contributed by atoms with van der Waals surface area (Å²) >= 11 is 0. The van der Waals surface area contributed by atoms with Crippen molar-refractivity contribution in [3.05, 3.63) is 53.6 Å². The van der Waals surface area contributed by atoms with E-state index in [0.717, 1.165) is 33.7 Å². The summed E-state index contributed by atoms with van der Waals surface area (Å²) in [5.41, 5.74) is 6.25. The van der Waals surface area contributed by atoms with Gasteiger partial charge in [0.15, 0.2) is 0 Å². The van der Waals surface area contributed by atoms with Crippen LogP contribution < -0.4 is 10.1 Å². The maximum Gasteiger partial charge on any atom is 0.127 e. The molecule has 1 aliphatic heterocycles. The molecule has 126 valence electrons. The molecule has 3 nitrogen and oxygen atoms in total. The second kappa shape index (κ2) is 6.33. The number of fused-ring (bicyclic) bond motifs is 1. The highest BCUT2D eigenvalue weighted by Crippen LogP contribution is 2.42. The quantitative estimate of drug-likeness (QED) is 0.845. The summed E-state index contributed by atoms with van der Waals surface area (Å²) in [6.45, 7) is 9.00. The molecule has 2 aromatic rings. The SMILES string of the molecule is CCOc1ccccc1-c1ccc2c(c1CO)C(C)=CC(C)(C)N2. The highest BCUT2D eigenvalue weighted by Gasteiger charge is 2.26. The summed E-state index contributed by atoms with van der Waals surface area (Å²) in [5.74, 6) is 0.848. The zero-order chi connectivity index (χ0) is 17.3.